The zero-order valence-corrected chi connectivity index (χ0v) is 23.7. The fourth-order valence-corrected chi connectivity index (χ4v) is 6.95. The summed E-state index contributed by atoms with van der Waals surface area (Å²) in [6, 6.07) is 17.7. The van der Waals surface area contributed by atoms with Gasteiger partial charge in [-0.2, -0.15) is 0 Å². The summed E-state index contributed by atoms with van der Waals surface area (Å²) in [4.78, 5) is 9.20. The average Bonchev–Trinajstić information content (AvgIpc) is 3.33. The number of aliphatic hydroxyl groups is 2. The third kappa shape index (κ3) is 4.13. The van der Waals surface area contributed by atoms with Crippen molar-refractivity contribution in [1.29, 1.82) is 0 Å². The second kappa shape index (κ2) is 10.1. The minimum Gasteiger partial charge on any atom is -0.485 e. The van der Waals surface area contributed by atoms with Crippen molar-refractivity contribution in [3.8, 4) is 22.8 Å². The summed E-state index contributed by atoms with van der Waals surface area (Å²) in [5.74, 6) is 0.0571. The molecule has 2 fully saturated rings. The SMILES string of the molecule is COc1nc(Cl)c(-c2ccc(Br)cc2)c2c1C1(O)C(O)C(CN3CCN(C)CC3)C(c3ccccc3)C1O2. The number of methoxy groups -OCH3 is 1. The Morgan fingerprint density at radius 2 is 1.79 bits per heavy atom. The monoisotopic (exact) mass is 599 g/mol. The van der Waals surface area contributed by atoms with Crippen LogP contribution >= 0.6 is 27.5 Å². The molecule has 6 rings (SSSR count). The smallest absolute Gasteiger partial charge is 0.224 e. The van der Waals surface area contributed by atoms with Crippen LogP contribution in [0.1, 0.15) is 17.0 Å². The average molecular weight is 601 g/mol. The van der Waals surface area contributed by atoms with E-state index in [-0.39, 0.29) is 22.9 Å². The summed E-state index contributed by atoms with van der Waals surface area (Å²) in [5.41, 5.74) is 1.03. The third-order valence-electron chi connectivity index (χ3n) is 8.37. The summed E-state index contributed by atoms with van der Waals surface area (Å²) >= 11 is 10.2. The first-order valence-electron chi connectivity index (χ1n) is 12.9. The summed E-state index contributed by atoms with van der Waals surface area (Å²) < 4.78 is 13.3. The molecule has 1 aromatic heterocycles. The van der Waals surface area contributed by atoms with E-state index < -0.39 is 17.8 Å². The highest BCUT2D eigenvalue weighted by molar-refractivity contribution is 9.10. The second-order valence-electron chi connectivity index (χ2n) is 10.5. The van der Waals surface area contributed by atoms with Crippen molar-refractivity contribution in [2.24, 2.45) is 5.92 Å². The van der Waals surface area contributed by atoms with Crippen LogP contribution in [0.2, 0.25) is 5.15 Å². The number of piperazine rings is 1. The van der Waals surface area contributed by atoms with Crippen molar-refractivity contribution in [3.05, 3.63) is 75.4 Å². The predicted molar refractivity (Wildman–Crippen MR) is 150 cm³/mol. The van der Waals surface area contributed by atoms with Crippen molar-refractivity contribution in [1.82, 2.24) is 14.8 Å². The minimum absolute atomic E-state index is 0.168. The van der Waals surface area contributed by atoms with E-state index in [4.69, 9.17) is 21.1 Å². The van der Waals surface area contributed by atoms with Crippen molar-refractivity contribution < 1.29 is 19.7 Å². The minimum atomic E-state index is -1.72. The van der Waals surface area contributed by atoms with Gasteiger partial charge in [-0.05, 0) is 30.3 Å². The van der Waals surface area contributed by atoms with Crippen LogP contribution in [0.3, 0.4) is 0 Å². The molecule has 1 saturated heterocycles. The lowest BCUT2D eigenvalue weighted by Crippen LogP contribution is -2.48. The van der Waals surface area contributed by atoms with Gasteiger partial charge < -0.3 is 29.5 Å². The van der Waals surface area contributed by atoms with Gasteiger partial charge in [-0.1, -0.05) is 70.0 Å². The zero-order chi connectivity index (χ0) is 26.6. The molecule has 0 radical (unpaired) electrons. The maximum Gasteiger partial charge on any atom is 0.224 e. The van der Waals surface area contributed by atoms with E-state index in [9.17, 15) is 10.2 Å². The highest BCUT2D eigenvalue weighted by Crippen LogP contribution is 2.62. The first-order chi connectivity index (χ1) is 18.3. The molecule has 200 valence electrons. The van der Waals surface area contributed by atoms with E-state index in [0.29, 0.717) is 23.4 Å². The molecule has 2 aliphatic heterocycles. The molecule has 3 heterocycles. The molecule has 0 spiro atoms. The van der Waals surface area contributed by atoms with E-state index in [2.05, 4.69) is 37.8 Å². The normalized spacial score (nSPS) is 29.1. The molecule has 5 atom stereocenters. The third-order valence-corrected chi connectivity index (χ3v) is 9.17. The Kier molecular flexibility index (Phi) is 6.91. The van der Waals surface area contributed by atoms with Gasteiger partial charge in [-0.15, -0.1) is 0 Å². The van der Waals surface area contributed by atoms with Crippen LogP contribution in [0.25, 0.3) is 11.1 Å². The Morgan fingerprint density at radius 3 is 2.45 bits per heavy atom. The standard InChI is InChI=1S/C29H31BrClN3O4/c1-33-12-14-34(15-13-33)16-20-21(17-6-4-3-5-7-17)26-29(36,25(20)35)23-24(38-26)22(27(31)32-28(23)37-2)18-8-10-19(30)11-9-18/h3-11,20-21,25-26,35-36H,12-16H2,1-2H3. The molecular weight excluding hydrogens is 570 g/mol. The maximum atomic E-state index is 12.5. The van der Waals surface area contributed by atoms with Crippen molar-refractivity contribution >= 4 is 27.5 Å². The molecule has 2 aromatic carbocycles. The van der Waals surface area contributed by atoms with Gasteiger partial charge in [0.15, 0.2) is 5.60 Å². The van der Waals surface area contributed by atoms with E-state index in [1.165, 1.54) is 7.11 Å². The number of likely N-dealkylation sites (N-methyl/N-ethyl adjacent to an activating group) is 1. The fourth-order valence-electron chi connectivity index (χ4n) is 6.41. The van der Waals surface area contributed by atoms with Gasteiger partial charge in [0.05, 0.1) is 24.3 Å². The van der Waals surface area contributed by atoms with Crippen LogP contribution in [-0.4, -0.2) is 84.1 Å². The Morgan fingerprint density at radius 1 is 1.11 bits per heavy atom. The summed E-state index contributed by atoms with van der Waals surface area (Å²) in [5, 5.41) is 24.7. The molecule has 5 unspecified atom stereocenters. The van der Waals surface area contributed by atoms with Crippen LogP contribution in [-0.2, 0) is 5.60 Å². The van der Waals surface area contributed by atoms with Gasteiger partial charge in [0.25, 0.3) is 0 Å². The number of hydrogen-bond donors (Lipinski definition) is 2. The van der Waals surface area contributed by atoms with Gasteiger partial charge in [0, 0.05) is 49.0 Å². The molecule has 3 aromatic rings. The molecule has 0 bridgehead atoms. The van der Waals surface area contributed by atoms with Crippen LogP contribution < -0.4 is 9.47 Å². The number of fused-ring (bicyclic) bond motifs is 3. The van der Waals surface area contributed by atoms with E-state index in [1.54, 1.807) is 0 Å². The van der Waals surface area contributed by atoms with Gasteiger partial charge in [-0.25, -0.2) is 4.98 Å². The lowest BCUT2D eigenvalue weighted by molar-refractivity contribution is -0.102. The topological polar surface area (TPSA) is 78.3 Å². The first-order valence-corrected chi connectivity index (χ1v) is 14.1. The number of aromatic nitrogens is 1. The number of halogens is 2. The molecule has 9 heteroatoms. The Balaban J connectivity index is 1.49. The second-order valence-corrected chi connectivity index (χ2v) is 11.8. The predicted octanol–water partition coefficient (Wildman–Crippen LogP) is 4.14. The first kappa shape index (κ1) is 26.0. The fraction of sp³-hybridized carbons (Fsp3) is 0.414. The highest BCUT2D eigenvalue weighted by Gasteiger charge is 2.68. The van der Waals surface area contributed by atoms with E-state index in [0.717, 1.165) is 41.8 Å². The highest BCUT2D eigenvalue weighted by atomic mass is 79.9. The number of benzene rings is 2. The number of aliphatic hydroxyl groups excluding tert-OH is 1. The molecule has 0 amide bonds. The lowest BCUT2D eigenvalue weighted by atomic mass is 9.86. The zero-order valence-electron chi connectivity index (χ0n) is 21.3. The lowest BCUT2D eigenvalue weighted by Gasteiger charge is -2.36. The molecule has 2 N–H and O–H groups in total. The Labute approximate surface area is 236 Å². The van der Waals surface area contributed by atoms with Gasteiger partial charge in [-0.3, -0.25) is 0 Å². The van der Waals surface area contributed by atoms with E-state index >= 15 is 0 Å². The number of hydrogen-bond acceptors (Lipinski definition) is 7. The van der Waals surface area contributed by atoms with Gasteiger partial charge in [0.1, 0.15) is 17.0 Å². The molecule has 1 aliphatic carbocycles. The van der Waals surface area contributed by atoms with Gasteiger partial charge >= 0.3 is 0 Å². The van der Waals surface area contributed by atoms with Crippen LogP contribution in [0.4, 0.5) is 0 Å². The number of nitrogens with zero attached hydrogens (tertiary/aromatic N) is 3. The quantitative estimate of drug-likeness (QED) is 0.426. The Bertz CT molecular complexity index is 1320. The molecule has 7 nitrogen and oxygen atoms in total. The Hall–Kier alpha value is -2.20. The summed E-state index contributed by atoms with van der Waals surface area (Å²) in [6.07, 6.45) is -1.84. The number of pyridine rings is 1. The van der Waals surface area contributed by atoms with Crippen LogP contribution in [0.5, 0.6) is 11.6 Å². The van der Waals surface area contributed by atoms with Crippen molar-refractivity contribution in [2.75, 3.05) is 46.9 Å². The van der Waals surface area contributed by atoms with Crippen LogP contribution in [0, 0.1) is 5.92 Å². The molecule has 3 aliphatic rings. The van der Waals surface area contributed by atoms with Crippen molar-refractivity contribution in [3.63, 3.8) is 0 Å². The summed E-state index contributed by atoms with van der Waals surface area (Å²) in [6.45, 7) is 4.41. The van der Waals surface area contributed by atoms with Crippen molar-refractivity contribution in [2.45, 2.75) is 23.7 Å². The maximum absolute atomic E-state index is 12.5. The van der Waals surface area contributed by atoms with Crippen LogP contribution in [0.15, 0.2) is 59.1 Å². The molecular formula is C29H31BrClN3O4. The van der Waals surface area contributed by atoms with Gasteiger partial charge in [0.2, 0.25) is 5.88 Å². The number of ether oxygens (including phenoxy) is 2. The largest absolute Gasteiger partial charge is 0.485 e. The number of rotatable bonds is 5. The molecule has 38 heavy (non-hydrogen) atoms. The molecule has 1 saturated carbocycles. The summed E-state index contributed by atoms with van der Waals surface area (Å²) in [7, 11) is 3.62. The van der Waals surface area contributed by atoms with E-state index in [1.807, 2.05) is 54.6 Å².